The minimum atomic E-state index is -1.29. The van der Waals surface area contributed by atoms with Gasteiger partial charge in [0.2, 0.25) is 0 Å². The van der Waals surface area contributed by atoms with E-state index >= 15 is 0 Å². The van der Waals surface area contributed by atoms with Crippen LogP contribution in [-0.4, -0.2) is 44.3 Å². The van der Waals surface area contributed by atoms with Crippen molar-refractivity contribution in [1.29, 1.82) is 0 Å². The molecule has 21 heavy (non-hydrogen) atoms. The molecule has 0 rings (SSSR count). The topological polar surface area (TPSA) is 149 Å². The highest BCUT2D eigenvalue weighted by Crippen LogP contribution is 2.25. The zero-order chi connectivity index (χ0) is 16.6. The van der Waals surface area contributed by atoms with Gasteiger partial charge in [-0.05, 0) is 25.7 Å². The van der Waals surface area contributed by atoms with Gasteiger partial charge in [-0.2, -0.15) is 0 Å². The molecule has 0 saturated heterocycles. The molecule has 8 nitrogen and oxygen atoms in total. The first-order valence-corrected chi connectivity index (χ1v) is 6.60. The van der Waals surface area contributed by atoms with Crippen molar-refractivity contribution < 1.29 is 39.6 Å². The summed E-state index contributed by atoms with van der Waals surface area (Å²) in [6, 6.07) is 0. The Labute approximate surface area is 121 Å². The molecule has 0 fully saturated rings. The molecule has 3 atom stereocenters. The Morgan fingerprint density at radius 2 is 1.29 bits per heavy atom. The minimum Gasteiger partial charge on any atom is -0.481 e. The number of aliphatic carboxylic acids is 4. The van der Waals surface area contributed by atoms with Crippen molar-refractivity contribution >= 4 is 23.9 Å². The van der Waals surface area contributed by atoms with E-state index in [9.17, 15) is 19.2 Å². The highest BCUT2D eigenvalue weighted by molar-refractivity contribution is 5.80. The third-order valence-electron chi connectivity index (χ3n) is 3.44. The predicted octanol–water partition coefficient (Wildman–Crippen LogP) is 1.14. The van der Waals surface area contributed by atoms with Crippen LogP contribution in [0.4, 0.5) is 0 Å². The summed E-state index contributed by atoms with van der Waals surface area (Å²) in [6.45, 7) is 1.55. The molecule has 0 heterocycles. The van der Waals surface area contributed by atoms with E-state index in [2.05, 4.69) is 0 Å². The summed E-state index contributed by atoms with van der Waals surface area (Å²) in [5.74, 6) is -8.12. The molecule has 0 bridgehead atoms. The summed E-state index contributed by atoms with van der Waals surface area (Å²) < 4.78 is 0. The lowest BCUT2D eigenvalue weighted by atomic mass is 9.83. The zero-order valence-corrected chi connectivity index (χ0v) is 11.7. The van der Waals surface area contributed by atoms with Crippen molar-refractivity contribution in [3.05, 3.63) is 0 Å². The van der Waals surface area contributed by atoms with Crippen LogP contribution in [0.5, 0.6) is 0 Å². The Morgan fingerprint density at radius 1 is 0.762 bits per heavy atom. The number of carbonyl (C=O) groups is 4. The monoisotopic (exact) mass is 304 g/mol. The molecule has 0 radical (unpaired) electrons. The Hall–Kier alpha value is -2.12. The van der Waals surface area contributed by atoms with Crippen molar-refractivity contribution in [2.24, 2.45) is 17.8 Å². The zero-order valence-electron chi connectivity index (χ0n) is 11.7. The average Bonchev–Trinajstić information content (AvgIpc) is 2.35. The predicted molar refractivity (Wildman–Crippen MR) is 69.8 cm³/mol. The molecule has 0 amide bonds. The van der Waals surface area contributed by atoms with Crippen LogP contribution in [-0.2, 0) is 19.2 Å². The Balaban J connectivity index is 4.77. The Bertz CT molecular complexity index is 403. The summed E-state index contributed by atoms with van der Waals surface area (Å²) in [7, 11) is 0. The van der Waals surface area contributed by atoms with Gasteiger partial charge in [-0.1, -0.05) is 6.92 Å². The van der Waals surface area contributed by atoms with Crippen molar-refractivity contribution in [1.82, 2.24) is 0 Å². The average molecular weight is 304 g/mol. The normalized spacial score (nSPS) is 14.9. The molecular weight excluding hydrogens is 284 g/mol. The van der Waals surface area contributed by atoms with Crippen LogP contribution in [0.3, 0.4) is 0 Å². The van der Waals surface area contributed by atoms with E-state index in [0.29, 0.717) is 0 Å². The molecule has 0 aromatic carbocycles. The van der Waals surface area contributed by atoms with E-state index in [1.54, 1.807) is 6.92 Å². The van der Waals surface area contributed by atoms with Crippen molar-refractivity contribution in [2.45, 2.75) is 39.0 Å². The van der Waals surface area contributed by atoms with Crippen LogP contribution in [0, 0.1) is 17.8 Å². The highest BCUT2D eigenvalue weighted by Gasteiger charge is 2.33. The summed E-state index contributed by atoms with van der Waals surface area (Å²) in [6.07, 6.45) is -0.495. The van der Waals surface area contributed by atoms with Gasteiger partial charge in [0.05, 0.1) is 17.8 Å². The second kappa shape index (κ2) is 8.93. The largest absolute Gasteiger partial charge is 0.481 e. The van der Waals surface area contributed by atoms with Gasteiger partial charge in [0.15, 0.2) is 0 Å². The van der Waals surface area contributed by atoms with E-state index < -0.39 is 41.6 Å². The fourth-order valence-electron chi connectivity index (χ4n) is 2.20. The highest BCUT2D eigenvalue weighted by atomic mass is 16.4. The van der Waals surface area contributed by atoms with Gasteiger partial charge in [-0.3, -0.25) is 19.2 Å². The van der Waals surface area contributed by atoms with Crippen molar-refractivity contribution in [3.63, 3.8) is 0 Å². The van der Waals surface area contributed by atoms with Gasteiger partial charge >= 0.3 is 23.9 Å². The molecule has 0 aliphatic rings. The molecule has 3 unspecified atom stereocenters. The minimum absolute atomic E-state index is 0.0661. The van der Waals surface area contributed by atoms with E-state index in [0.717, 1.165) is 0 Å². The van der Waals surface area contributed by atoms with Crippen LogP contribution in [0.2, 0.25) is 0 Å². The molecular formula is C13H20O8. The lowest BCUT2D eigenvalue weighted by Crippen LogP contribution is -2.30. The van der Waals surface area contributed by atoms with E-state index in [1.165, 1.54) is 0 Å². The first-order chi connectivity index (χ1) is 9.70. The number of hydrogen-bond donors (Lipinski definition) is 4. The summed E-state index contributed by atoms with van der Waals surface area (Å²) in [4.78, 5) is 43.6. The molecule has 120 valence electrons. The van der Waals surface area contributed by atoms with Crippen LogP contribution in [0.25, 0.3) is 0 Å². The number of hydrogen-bond acceptors (Lipinski definition) is 4. The van der Waals surface area contributed by atoms with E-state index in [-0.39, 0.29) is 32.1 Å². The molecule has 4 N–H and O–H groups in total. The molecule has 0 aromatic rings. The Kier molecular flexibility index (Phi) is 8.03. The molecule has 0 aliphatic heterocycles. The van der Waals surface area contributed by atoms with E-state index in [4.69, 9.17) is 20.4 Å². The third-order valence-corrected chi connectivity index (χ3v) is 3.44. The first kappa shape index (κ1) is 18.9. The van der Waals surface area contributed by atoms with Crippen LogP contribution in [0.15, 0.2) is 0 Å². The maximum Gasteiger partial charge on any atom is 0.307 e. The molecule has 0 spiro atoms. The van der Waals surface area contributed by atoms with Crippen LogP contribution < -0.4 is 0 Å². The fourth-order valence-corrected chi connectivity index (χ4v) is 2.20. The quantitative estimate of drug-likeness (QED) is 0.444. The van der Waals surface area contributed by atoms with E-state index in [1.807, 2.05) is 0 Å². The second-order valence-electron chi connectivity index (χ2n) is 4.84. The number of carboxylic acid groups (broad SMARTS) is 4. The van der Waals surface area contributed by atoms with Gasteiger partial charge in [0, 0.05) is 6.42 Å². The lowest BCUT2D eigenvalue weighted by Gasteiger charge is -2.20. The number of carboxylic acids is 4. The Morgan fingerprint density at radius 3 is 1.62 bits per heavy atom. The summed E-state index contributed by atoms with van der Waals surface area (Å²) in [5.41, 5.74) is 0. The molecule has 0 saturated carbocycles. The van der Waals surface area contributed by atoms with Crippen LogP contribution >= 0.6 is 0 Å². The standard InChI is InChI=1S/C13H20O8/c1-2-8(12(18)19)9(13(20)21)5-3-7(11(16)17)4-6-10(14)15/h7-9H,2-6H2,1H3,(H,14,15)(H,16,17)(H,18,19)(H,20,21). The smallest absolute Gasteiger partial charge is 0.307 e. The molecule has 0 aliphatic carbocycles. The molecule has 0 aromatic heterocycles. The van der Waals surface area contributed by atoms with Crippen molar-refractivity contribution in [2.75, 3.05) is 0 Å². The first-order valence-electron chi connectivity index (χ1n) is 6.60. The van der Waals surface area contributed by atoms with Gasteiger partial charge in [0.1, 0.15) is 0 Å². The number of rotatable bonds is 11. The van der Waals surface area contributed by atoms with Gasteiger partial charge < -0.3 is 20.4 Å². The third kappa shape index (κ3) is 6.73. The van der Waals surface area contributed by atoms with Gasteiger partial charge in [0.25, 0.3) is 0 Å². The SMILES string of the molecule is CCC(C(=O)O)C(CCC(CCC(=O)O)C(=O)O)C(=O)O. The lowest BCUT2D eigenvalue weighted by molar-refractivity contribution is -0.154. The van der Waals surface area contributed by atoms with Gasteiger partial charge in [-0.15, -0.1) is 0 Å². The second-order valence-corrected chi connectivity index (χ2v) is 4.84. The van der Waals surface area contributed by atoms with Crippen LogP contribution in [0.1, 0.15) is 39.0 Å². The maximum atomic E-state index is 11.1. The van der Waals surface area contributed by atoms with Crippen molar-refractivity contribution in [3.8, 4) is 0 Å². The maximum absolute atomic E-state index is 11.1. The van der Waals surface area contributed by atoms with Gasteiger partial charge in [-0.25, -0.2) is 0 Å². The molecule has 8 heteroatoms. The fraction of sp³-hybridized carbons (Fsp3) is 0.692. The summed E-state index contributed by atoms with van der Waals surface area (Å²) in [5, 5.41) is 35.6. The summed E-state index contributed by atoms with van der Waals surface area (Å²) >= 11 is 0.